The van der Waals surface area contributed by atoms with Gasteiger partial charge in [0.25, 0.3) is 5.91 Å². The number of aryl methyl sites for hydroxylation is 2. The average Bonchev–Trinajstić information content (AvgIpc) is 2.38. The molecule has 0 saturated carbocycles. The van der Waals surface area contributed by atoms with E-state index in [2.05, 4.69) is 15.3 Å². The number of benzene rings is 1. The Morgan fingerprint density at radius 2 is 1.83 bits per heavy atom. The van der Waals surface area contributed by atoms with Crippen LogP contribution < -0.4 is 5.32 Å². The molecule has 0 aliphatic carbocycles. The zero-order valence-corrected chi connectivity index (χ0v) is 10.5. The highest BCUT2D eigenvalue weighted by Gasteiger charge is 2.06. The Balaban J connectivity index is 1.96. The number of nitrogens with one attached hydrogen (secondary N) is 1. The second-order valence-electron chi connectivity index (χ2n) is 4.21. The summed E-state index contributed by atoms with van der Waals surface area (Å²) in [5.41, 5.74) is 3.40. The van der Waals surface area contributed by atoms with E-state index in [4.69, 9.17) is 0 Å². The van der Waals surface area contributed by atoms with E-state index in [0.29, 0.717) is 12.2 Å². The first kappa shape index (κ1) is 12.2. The van der Waals surface area contributed by atoms with Crippen LogP contribution in [0, 0.1) is 13.8 Å². The fourth-order valence-corrected chi connectivity index (χ4v) is 1.49. The van der Waals surface area contributed by atoms with E-state index in [1.54, 1.807) is 6.20 Å². The van der Waals surface area contributed by atoms with Gasteiger partial charge in [-0.2, -0.15) is 0 Å². The van der Waals surface area contributed by atoms with Crippen LogP contribution in [0.1, 0.15) is 27.3 Å². The average molecular weight is 241 g/mol. The Kier molecular flexibility index (Phi) is 3.67. The SMILES string of the molecule is Cc1ccc(CNC(=O)c2cnc(C)cn2)cc1. The van der Waals surface area contributed by atoms with Crippen LogP contribution in [-0.4, -0.2) is 15.9 Å². The molecule has 0 saturated heterocycles. The normalized spacial score (nSPS) is 10.1. The van der Waals surface area contributed by atoms with E-state index in [0.717, 1.165) is 11.3 Å². The number of rotatable bonds is 3. The van der Waals surface area contributed by atoms with E-state index in [9.17, 15) is 4.79 Å². The summed E-state index contributed by atoms with van der Waals surface area (Å²) in [7, 11) is 0. The summed E-state index contributed by atoms with van der Waals surface area (Å²) in [5, 5.41) is 2.81. The van der Waals surface area contributed by atoms with Crippen molar-refractivity contribution in [2.45, 2.75) is 20.4 Å². The highest BCUT2D eigenvalue weighted by Crippen LogP contribution is 2.03. The molecule has 1 N–H and O–H groups in total. The molecule has 2 rings (SSSR count). The third-order valence-corrected chi connectivity index (χ3v) is 2.59. The van der Waals surface area contributed by atoms with Crippen LogP contribution in [0.15, 0.2) is 36.7 Å². The van der Waals surface area contributed by atoms with Gasteiger partial charge in [-0.05, 0) is 19.4 Å². The molecule has 0 bridgehead atoms. The van der Waals surface area contributed by atoms with Crippen molar-refractivity contribution < 1.29 is 4.79 Å². The molecule has 0 fully saturated rings. The molecule has 0 unspecified atom stereocenters. The first-order valence-corrected chi connectivity index (χ1v) is 5.77. The monoisotopic (exact) mass is 241 g/mol. The zero-order chi connectivity index (χ0) is 13.0. The number of nitrogens with zero attached hydrogens (tertiary/aromatic N) is 2. The fraction of sp³-hybridized carbons (Fsp3) is 0.214. The van der Waals surface area contributed by atoms with Gasteiger partial charge in [-0.1, -0.05) is 29.8 Å². The summed E-state index contributed by atoms with van der Waals surface area (Å²) in [6, 6.07) is 8.03. The molecule has 0 aliphatic rings. The lowest BCUT2D eigenvalue weighted by molar-refractivity contribution is 0.0945. The number of carbonyl (C=O) groups excluding carboxylic acids is 1. The molecule has 4 nitrogen and oxygen atoms in total. The minimum Gasteiger partial charge on any atom is -0.347 e. The summed E-state index contributed by atoms with van der Waals surface area (Å²) in [4.78, 5) is 19.9. The molecule has 92 valence electrons. The van der Waals surface area contributed by atoms with Crippen LogP contribution in [-0.2, 0) is 6.54 Å². The van der Waals surface area contributed by atoms with Crippen LogP contribution in [0.2, 0.25) is 0 Å². The minimum absolute atomic E-state index is 0.205. The number of aromatic nitrogens is 2. The minimum atomic E-state index is -0.205. The summed E-state index contributed by atoms with van der Waals surface area (Å²) < 4.78 is 0. The number of carbonyl (C=O) groups is 1. The molecule has 0 spiro atoms. The lowest BCUT2D eigenvalue weighted by Crippen LogP contribution is -2.24. The van der Waals surface area contributed by atoms with Crippen LogP contribution in [0.25, 0.3) is 0 Å². The van der Waals surface area contributed by atoms with E-state index >= 15 is 0 Å². The molecule has 0 aliphatic heterocycles. The predicted octanol–water partition coefficient (Wildman–Crippen LogP) is 2.02. The topological polar surface area (TPSA) is 54.9 Å². The molecule has 0 atom stereocenters. The molecular formula is C14H15N3O. The smallest absolute Gasteiger partial charge is 0.271 e. The van der Waals surface area contributed by atoms with E-state index in [1.165, 1.54) is 11.8 Å². The van der Waals surface area contributed by atoms with E-state index in [1.807, 2.05) is 38.1 Å². The maximum Gasteiger partial charge on any atom is 0.271 e. The molecule has 0 radical (unpaired) electrons. The molecule has 1 amide bonds. The third-order valence-electron chi connectivity index (χ3n) is 2.59. The summed E-state index contributed by atoms with van der Waals surface area (Å²) >= 11 is 0. The third kappa shape index (κ3) is 3.13. The van der Waals surface area contributed by atoms with Crippen molar-refractivity contribution >= 4 is 5.91 Å². The highest BCUT2D eigenvalue weighted by molar-refractivity contribution is 5.91. The van der Waals surface area contributed by atoms with Gasteiger partial charge in [-0.3, -0.25) is 9.78 Å². The Morgan fingerprint density at radius 3 is 2.44 bits per heavy atom. The van der Waals surface area contributed by atoms with Gasteiger partial charge in [0.1, 0.15) is 5.69 Å². The largest absolute Gasteiger partial charge is 0.347 e. The van der Waals surface area contributed by atoms with Crippen molar-refractivity contribution in [3.8, 4) is 0 Å². The lowest BCUT2D eigenvalue weighted by atomic mass is 10.1. The molecule has 18 heavy (non-hydrogen) atoms. The van der Waals surface area contributed by atoms with Gasteiger partial charge in [0.05, 0.1) is 11.9 Å². The second kappa shape index (κ2) is 5.40. The van der Waals surface area contributed by atoms with Crippen LogP contribution >= 0.6 is 0 Å². The van der Waals surface area contributed by atoms with Crippen molar-refractivity contribution in [2.75, 3.05) is 0 Å². The highest BCUT2D eigenvalue weighted by atomic mass is 16.1. The van der Waals surface area contributed by atoms with Gasteiger partial charge in [-0.15, -0.1) is 0 Å². The van der Waals surface area contributed by atoms with Crippen molar-refractivity contribution in [1.29, 1.82) is 0 Å². The van der Waals surface area contributed by atoms with E-state index < -0.39 is 0 Å². The van der Waals surface area contributed by atoms with Crippen molar-refractivity contribution in [3.05, 3.63) is 59.2 Å². The molecule has 1 aromatic carbocycles. The first-order chi connectivity index (χ1) is 8.65. The lowest BCUT2D eigenvalue weighted by Gasteiger charge is -2.05. The fourth-order valence-electron chi connectivity index (χ4n) is 1.49. The van der Waals surface area contributed by atoms with Gasteiger partial charge in [-0.25, -0.2) is 4.98 Å². The Morgan fingerprint density at radius 1 is 1.11 bits per heavy atom. The quantitative estimate of drug-likeness (QED) is 0.894. The summed E-state index contributed by atoms with van der Waals surface area (Å²) in [6.07, 6.45) is 3.07. The second-order valence-corrected chi connectivity index (χ2v) is 4.21. The van der Waals surface area contributed by atoms with Gasteiger partial charge in [0.2, 0.25) is 0 Å². The first-order valence-electron chi connectivity index (χ1n) is 5.77. The van der Waals surface area contributed by atoms with Gasteiger partial charge in [0, 0.05) is 12.7 Å². The van der Waals surface area contributed by atoms with E-state index in [-0.39, 0.29) is 5.91 Å². The van der Waals surface area contributed by atoms with Crippen LogP contribution in [0.4, 0.5) is 0 Å². The van der Waals surface area contributed by atoms with Crippen LogP contribution in [0.5, 0.6) is 0 Å². The summed E-state index contributed by atoms with van der Waals surface area (Å²) in [6.45, 7) is 4.36. The maximum absolute atomic E-state index is 11.8. The Labute approximate surface area is 106 Å². The van der Waals surface area contributed by atoms with Crippen molar-refractivity contribution in [1.82, 2.24) is 15.3 Å². The van der Waals surface area contributed by atoms with Crippen molar-refractivity contribution in [3.63, 3.8) is 0 Å². The number of hydrogen-bond donors (Lipinski definition) is 1. The van der Waals surface area contributed by atoms with Crippen LogP contribution in [0.3, 0.4) is 0 Å². The Bertz CT molecular complexity index is 532. The Hall–Kier alpha value is -2.23. The number of amides is 1. The van der Waals surface area contributed by atoms with Gasteiger partial charge in [0.15, 0.2) is 0 Å². The zero-order valence-electron chi connectivity index (χ0n) is 10.5. The molecule has 2 aromatic rings. The maximum atomic E-state index is 11.8. The molecule has 1 heterocycles. The molecule has 1 aromatic heterocycles. The number of hydrogen-bond acceptors (Lipinski definition) is 3. The summed E-state index contributed by atoms with van der Waals surface area (Å²) in [5.74, 6) is -0.205. The molecule has 4 heteroatoms. The molecular weight excluding hydrogens is 226 g/mol. The van der Waals surface area contributed by atoms with Gasteiger partial charge >= 0.3 is 0 Å². The predicted molar refractivity (Wildman–Crippen MR) is 69.1 cm³/mol. The standard InChI is InChI=1S/C14H15N3O/c1-10-3-5-12(6-4-10)8-17-14(18)13-9-15-11(2)7-16-13/h3-7,9H,8H2,1-2H3,(H,17,18). The van der Waals surface area contributed by atoms with Gasteiger partial charge < -0.3 is 5.32 Å². The van der Waals surface area contributed by atoms with Crippen molar-refractivity contribution in [2.24, 2.45) is 0 Å².